The minimum atomic E-state index is -0.240. The van der Waals surface area contributed by atoms with Crippen molar-refractivity contribution in [3.63, 3.8) is 0 Å². The highest BCUT2D eigenvalue weighted by Gasteiger charge is 2.20. The quantitative estimate of drug-likeness (QED) is 0.756. The summed E-state index contributed by atoms with van der Waals surface area (Å²) in [4.78, 5) is 2.33. The average Bonchev–Trinajstić information content (AvgIpc) is 2.19. The number of ether oxygens (including phenoxy) is 1. The second-order valence-electron chi connectivity index (χ2n) is 4.03. The van der Waals surface area contributed by atoms with Crippen LogP contribution in [0.3, 0.4) is 0 Å². The minimum absolute atomic E-state index is 0.240. The van der Waals surface area contributed by atoms with E-state index in [4.69, 9.17) is 4.74 Å². The third kappa shape index (κ3) is 4.26. The number of halogens is 1. The first kappa shape index (κ1) is 12.4. The molecule has 0 radical (unpaired) electrons. The highest BCUT2D eigenvalue weighted by molar-refractivity contribution is 9.09. The lowest BCUT2D eigenvalue weighted by Crippen LogP contribution is -2.41. The van der Waals surface area contributed by atoms with Gasteiger partial charge in [0, 0.05) is 25.5 Å². The second kappa shape index (κ2) is 6.77. The van der Waals surface area contributed by atoms with E-state index in [1.165, 1.54) is 12.8 Å². The summed E-state index contributed by atoms with van der Waals surface area (Å²) >= 11 is 3.29. The van der Waals surface area contributed by atoms with Gasteiger partial charge in [0.2, 0.25) is 0 Å². The fourth-order valence-corrected chi connectivity index (χ4v) is 2.24. The van der Waals surface area contributed by atoms with Crippen LogP contribution in [-0.4, -0.2) is 54.8 Å². The summed E-state index contributed by atoms with van der Waals surface area (Å²) in [5.74, 6) is 0.649. The molecule has 0 aromatic carbocycles. The maximum absolute atomic E-state index is 9.51. The molecule has 0 amide bonds. The maximum atomic E-state index is 9.51. The Hall–Kier alpha value is 0.360. The molecule has 0 spiro atoms. The van der Waals surface area contributed by atoms with Crippen LogP contribution in [0.2, 0.25) is 0 Å². The van der Waals surface area contributed by atoms with Crippen molar-refractivity contribution in [1.82, 2.24) is 4.90 Å². The van der Waals surface area contributed by atoms with Crippen LogP contribution >= 0.6 is 15.9 Å². The largest absolute Gasteiger partial charge is 0.391 e. The first-order valence-electron chi connectivity index (χ1n) is 5.21. The van der Waals surface area contributed by atoms with Crippen LogP contribution in [0, 0.1) is 5.92 Å². The molecule has 1 fully saturated rings. The van der Waals surface area contributed by atoms with Crippen LogP contribution in [0.15, 0.2) is 0 Å². The predicted octanol–water partition coefficient (Wildman–Crippen LogP) is 1.10. The molecule has 1 N–H and O–H groups in total. The van der Waals surface area contributed by atoms with Crippen molar-refractivity contribution >= 4 is 15.9 Å². The van der Waals surface area contributed by atoms with Crippen molar-refractivity contribution in [2.24, 2.45) is 5.92 Å². The number of β-amino-alcohol motifs (C(OH)–C–C–N with tert-alkyl or cyclic N) is 1. The summed E-state index contributed by atoms with van der Waals surface area (Å²) in [6.07, 6.45) is 2.24. The molecule has 1 saturated heterocycles. The van der Waals surface area contributed by atoms with Crippen LogP contribution in [0.5, 0.6) is 0 Å². The molecule has 4 heteroatoms. The van der Waals surface area contributed by atoms with Crippen molar-refractivity contribution < 1.29 is 9.84 Å². The van der Waals surface area contributed by atoms with Crippen LogP contribution in [0.25, 0.3) is 0 Å². The van der Waals surface area contributed by atoms with Gasteiger partial charge in [0.1, 0.15) is 0 Å². The Morgan fingerprint density at radius 1 is 1.64 bits per heavy atom. The third-order valence-corrected chi connectivity index (χ3v) is 3.40. The number of nitrogens with zero attached hydrogens (tertiary/aromatic N) is 1. The molecule has 1 aliphatic rings. The smallest absolute Gasteiger partial charge is 0.0763 e. The SMILES string of the molecule is COCC1CCCN(CC(O)CBr)C1. The molecular formula is C10H20BrNO2. The molecular weight excluding hydrogens is 246 g/mol. The van der Waals surface area contributed by atoms with Crippen LogP contribution in [0.1, 0.15) is 12.8 Å². The van der Waals surface area contributed by atoms with Crippen LogP contribution in [0.4, 0.5) is 0 Å². The third-order valence-electron chi connectivity index (χ3n) is 2.65. The predicted molar refractivity (Wildman–Crippen MR) is 60.8 cm³/mol. The van der Waals surface area contributed by atoms with E-state index < -0.39 is 0 Å². The molecule has 0 bridgehead atoms. The summed E-state index contributed by atoms with van der Waals surface area (Å²) in [6.45, 7) is 3.81. The average molecular weight is 266 g/mol. The molecule has 1 aliphatic heterocycles. The summed E-state index contributed by atoms with van der Waals surface area (Å²) in [7, 11) is 1.76. The molecule has 2 unspecified atom stereocenters. The summed E-state index contributed by atoms with van der Waals surface area (Å²) in [6, 6.07) is 0. The van der Waals surface area contributed by atoms with Gasteiger partial charge in [-0.25, -0.2) is 0 Å². The van der Waals surface area contributed by atoms with Gasteiger partial charge in [-0.05, 0) is 25.3 Å². The van der Waals surface area contributed by atoms with Gasteiger partial charge in [-0.15, -0.1) is 0 Å². The number of aliphatic hydroxyl groups excluding tert-OH is 1. The molecule has 3 nitrogen and oxygen atoms in total. The van der Waals surface area contributed by atoms with E-state index >= 15 is 0 Å². The molecule has 0 aromatic rings. The van der Waals surface area contributed by atoms with Gasteiger partial charge >= 0.3 is 0 Å². The highest BCUT2D eigenvalue weighted by atomic mass is 79.9. The van der Waals surface area contributed by atoms with E-state index in [9.17, 15) is 5.11 Å². The second-order valence-corrected chi connectivity index (χ2v) is 4.68. The van der Waals surface area contributed by atoms with Gasteiger partial charge in [-0.1, -0.05) is 15.9 Å². The number of hydrogen-bond acceptors (Lipinski definition) is 3. The lowest BCUT2D eigenvalue weighted by atomic mass is 9.99. The molecule has 14 heavy (non-hydrogen) atoms. The van der Waals surface area contributed by atoms with Crippen molar-refractivity contribution in [2.75, 3.05) is 38.7 Å². The zero-order chi connectivity index (χ0) is 10.4. The summed E-state index contributed by atoms with van der Waals surface area (Å²) < 4.78 is 5.16. The Bertz CT molecular complexity index is 155. The van der Waals surface area contributed by atoms with Crippen molar-refractivity contribution in [1.29, 1.82) is 0 Å². The number of rotatable bonds is 5. The zero-order valence-corrected chi connectivity index (χ0v) is 10.4. The molecule has 1 heterocycles. The Kier molecular flexibility index (Phi) is 6.01. The van der Waals surface area contributed by atoms with Gasteiger partial charge in [0.25, 0.3) is 0 Å². The number of alkyl halides is 1. The number of aliphatic hydroxyl groups is 1. The topological polar surface area (TPSA) is 32.7 Å². The van der Waals surface area contributed by atoms with E-state index in [1.807, 2.05) is 0 Å². The van der Waals surface area contributed by atoms with Gasteiger partial charge in [-0.2, -0.15) is 0 Å². The van der Waals surface area contributed by atoms with E-state index in [2.05, 4.69) is 20.8 Å². The molecule has 0 aliphatic carbocycles. The Balaban J connectivity index is 2.25. The Morgan fingerprint density at radius 2 is 2.43 bits per heavy atom. The van der Waals surface area contributed by atoms with E-state index in [0.717, 1.165) is 26.2 Å². The van der Waals surface area contributed by atoms with Gasteiger partial charge in [0.05, 0.1) is 12.7 Å². The zero-order valence-electron chi connectivity index (χ0n) is 8.79. The highest BCUT2D eigenvalue weighted by Crippen LogP contribution is 2.16. The first-order chi connectivity index (χ1) is 6.76. The molecule has 0 saturated carbocycles. The fraction of sp³-hybridized carbons (Fsp3) is 1.00. The van der Waals surface area contributed by atoms with Crippen molar-refractivity contribution in [3.8, 4) is 0 Å². The fourth-order valence-electron chi connectivity index (χ4n) is 2.04. The van der Waals surface area contributed by atoms with Crippen LogP contribution in [-0.2, 0) is 4.74 Å². The van der Waals surface area contributed by atoms with Gasteiger partial charge < -0.3 is 14.7 Å². The molecule has 84 valence electrons. The first-order valence-corrected chi connectivity index (χ1v) is 6.33. The summed E-state index contributed by atoms with van der Waals surface area (Å²) in [5.41, 5.74) is 0. The standard InChI is InChI=1S/C10H20BrNO2/c1-14-8-9-3-2-4-12(6-9)7-10(13)5-11/h9-10,13H,2-8H2,1H3. The molecule has 0 aromatic heterocycles. The van der Waals surface area contributed by atoms with E-state index in [1.54, 1.807) is 7.11 Å². The van der Waals surface area contributed by atoms with Crippen LogP contribution < -0.4 is 0 Å². The van der Waals surface area contributed by atoms with Gasteiger partial charge in [0.15, 0.2) is 0 Å². The lowest BCUT2D eigenvalue weighted by Gasteiger charge is -2.33. The number of methoxy groups -OCH3 is 1. The minimum Gasteiger partial charge on any atom is -0.391 e. The van der Waals surface area contributed by atoms with Gasteiger partial charge in [-0.3, -0.25) is 0 Å². The van der Waals surface area contributed by atoms with E-state index in [-0.39, 0.29) is 6.10 Å². The maximum Gasteiger partial charge on any atom is 0.0763 e. The molecule has 2 atom stereocenters. The lowest BCUT2D eigenvalue weighted by molar-refractivity contribution is 0.0636. The van der Waals surface area contributed by atoms with Crippen molar-refractivity contribution in [3.05, 3.63) is 0 Å². The number of piperidine rings is 1. The van der Waals surface area contributed by atoms with Crippen molar-refractivity contribution in [2.45, 2.75) is 18.9 Å². The van der Waals surface area contributed by atoms with E-state index in [0.29, 0.717) is 11.2 Å². The Morgan fingerprint density at radius 3 is 3.07 bits per heavy atom. The normalized spacial score (nSPS) is 26.4. The monoisotopic (exact) mass is 265 g/mol. The number of likely N-dealkylation sites (tertiary alicyclic amines) is 1. The molecule has 1 rings (SSSR count). The Labute approximate surface area is 94.6 Å². The summed E-state index contributed by atoms with van der Waals surface area (Å²) in [5, 5.41) is 10.2. The number of hydrogen-bond donors (Lipinski definition) is 1.